The van der Waals surface area contributed by atoms with Crippen LogP contribution in [-0.4, -0.2) is 24.8 Å². The van der Waals surface area contributed by atoms with Gasteiger partial charge in [-0.1, -0.05) is 29.8 Å². The first-order valence-corrected chi connectivity index (χ1v) is 5.73. The van der Waals surface area contributed by atoms with Gasteiger partial charge in [-0.25, -0.2) is 0 Å². The molecular weight excluding hydrogens is 210 g/mol. The quantitative estimate of drug-likeness (QED) is 0.807. The largest absolute Gasteiger partial charge is 0.395 e. The number of hydrogen-bond acceptors (Lipinski definition) is 2. The summed E-state index contributed by atoms with van der Waals surface area (Å²) in [7, 11) is 0. The smallest absolute Gasteiger partial charge is 0.0529 e. The zero-order valence-electron chi connectivity index (χ0n) is 8.67. The maximum Gasteiger partial charge on any atom is 0.0529 e. The van der Waals surface area contributed by atoms with E-state index in [1.165, 1.54) is 0 Å². The Kier molecular flexibility index (Phi) is 3.29. The Morgan fingerprint density at radius 2 is 1.93 bits per heavy atom. The Morgan fingerprint density at radius 3 is 2.53 bits per heavy atom. The molecule has 2 N–H and O–H groups in total. The van der Waals surface area contributed by atoms with Crippen LogP contribution in [0.25, 0.3) is 0 Å². The first-order valence-electron chi connectivity index (χ1n) is 5.35. The van der Waals surface area contributed by atoms with Crippen molar-refractivity contribution >= 4 is 11.6 Å². The second-order valence-corrected chi connectivity index (χ2v) is 4.58. The molecule has 3 heteroatoms. The third-order valence-electron chi connectivity index (χ3n) is 3.31. The molecule has 1 heterocycles. The van der Waals surface area contributed by atoms with Crippen molar-refractivity contribution in [3.63, 3.8) is 0 Å². The van der Waals surface area contributed by atoms with Gasteiger partial charge in [-0.15, -0.1) is 0 Å². The van der Waals surface area contributed by atoms with Crippen LogP contribution in [0.4, 0.5) is 0 Å². The normalized spacial score (nSPS) is 20.1. The molecule has 0 bridgehead atoms. The highest BCUT2D eigenvalue weighted by Crippen LogP contribution is 2.36. The van der Waals surface area contributed by atoms with Crippen LogP contribution >= 0.6 is 11.6 Å². The Hall–Kier alpha value is -0.570. The van der Waals surface area contributed by atoms with Gasteiger partial charge in [0.2, 0.25) is 0 Å². The molecular formula is C12H16ClNO. The van der Waals surface area contributed by atoms with Gasteiger partial charge in [0.1, 0.15) is 0 Å². The molecule has 0 saturated carbocycles. The van der Waals surface area contributed by atoms with E-state index in [1.807, 2.05) is 24.3 Å². The van der Waals surface area contributed by atoms with Crippen LogP contribution in [0.1, 0.15) is 18.4 Å². The molecule has 0 atom stereocenters. The summed E-state index contributed by atoms with van der Waals surface area (Å²) in [6.45, 7) is 2.08. The molecule has 2 rings (SSSR count). The Balaban J connectivity index is 2.36. The summed E-state index contributed by atoms with van der Waals surface area (Å²) < 4.78 is 0. The number of benzene rings is 1. The molecule has 1 aromatic rings. The molecule has 15 heavy (non-hydrogen) atoms. The van der Waals surface area contributed by atoms with Crippen LogP contribution in [0.5, 0.6) is 0 Å². The minimum Gasteiger partial charge on any atom is -0.395 e. The number of rotatable bonds is 2. The highest BCUT2D eigenvalue weighted by atomic mass is 35.5. The fourth-order valence-corrected chi connectivity index (χ4v) is 2.65. The van der Waals surface area contributed by atoms with E-state index in [1.54, 1.807) is 0 Å². The second kappa shape index (κ2) is 4.52. The lowest BCUT2D eigenvalue weighted by Crippen LogP contribution is -2.42. The Labute approximate surface area is 95.3 Å². The minimum absolute atomic E-state index is 0.135. The minimum atomic E-state index is -0.135. The van der Waals surface area contributed by atoms with E-state index < -0.39 is 0 Å². The van der Waals surface area contributed by atoms with Crippen molar-refractivity contribution in [3.05, 3.63) is 34.9 Å². The van der Waals surface area contributed by atoms with Crippen molar-refractivity contribution in [1.29, 1.82) is 0 Å². The van der Waals surface area contributed by atoms with Crippen molar-refractivity contribution in [2.45, 2.75) is 18.3 Å². The van der Waals surface area contributed by atoms with E-state index >= 15 is 0 Å². The average Bonchev–Trinajstić information content (AvgIpc) is 2.30. The van der Waals surface area contributed by atoms with Crippen molar-refractivity contribution in [3.8, 4) is 0 Å². The molecule has 2 nitrogen and oxygen atoms in total. The van der Waals surface area contributed by atoms with Crippen LogP contribution in [0.15, 0.2) is 24.3 Å². The zero-order valence-corrected chi connectivity index (χ0v) is 9.43. The van der Waals surface area contributed by atoms with Gasteiger partial charge in [-0.2, -0.15) is 0 Å². The fraction of sp³-hybridized carbons (Fsp3) is 0.500. The molecule has 0 aromatic heterocycles. The third-order valence-corrected chi connectivity index (χ3v) is 3.64. The van der Waals surface area contributed by atoms with Gasteiger partial charge in [-0.3, -0.25) is 0 Å². The van der Waals surface area contributed by atoms with Crippen LogP contribution in [-0.2, 0) is 5.41 Å². The van der Waals surface area contributed by atoms with Crippen molar-refractivity contribution in [1.82, 2.24) is 5.32 Å². The molecule has 1 aromatic carbocycles. The lowest BCUT2D eigenvalue weighted by atomic mass is 9.74. The van der Waals surface area contributed by atoms with Crippen molar-refractivity contribution in [2.75, 3.05) is 19.7 Å². The first kappa shape index (κ1) is 10.9. The van der Waals surface area contributed by atoms with Crippen molar-refractivity contribution < 1.29 is 5.11 Å². The van der Waals surface area contributed by atoms with E-state index in [-0.39, 0.29) is 12.0 Å². The lowest BCUT2D eigenvalue weighted by Gasteiger charge is -2.37. The molecule has 82 valence electrons. The number of piperidine rings is 1. The molecule has 1 aliphatic rings. The first-order chi connectivity index (χ1) is 7.28. The molecule has 1 fully saturated rings. The average molecular weight is 226 g/mol. The number of aliphatic hydroxyl groups is 1. The SMILES string of the molecule is OCC1(c2ccccc2Cl)CCNCC1. The molecule has 0 unspecified atom stereocenters. The van der Waals surface area contributed by atoms with Gasteiger partial charge < -0.3 is 10.4 Å². The number of aliphatic hydroxyl groups excluding tert-OH is 1. The summed E-state index contributed by atoms with van der Waals surface area (Å²) in [4.78, 5) is 0. The maximum absolute atomic E-state index is 9.63. The summed E-state index contributed by atoms with van der Waals surface area (Å²) >= 11 is 6.19. The summed E-state index contributed by atoms with van der Waals surface area (Å²) in [5, 5.41) is 13.7. The van der Waals surface area contributed by atoms with E-state index in [4.69, 9.17) is 11.6 Å². The van der Waals surface area contributed by atoms with Gasteiger partial charge in [0.05, 0.1) is 6.61 Å². The number of halogens is 1. The van der Waals surface area contributed by atoms with Crippen LogP contribution < -0.4 is 5.32 Å². The lowest BCUT2D eigenvalue weighted by molar-refractivity contribution is 0.158. The van der Waals surface area contributed by atoms with Crippen LogP contribution in [0, 0.1) is 0 Å². The standard InChI is InChI=1S/C12H16ClNO/c13-11-4-2-1-3-10(11)12(9-15)5-7-14-8-6-12/h1-4,14-15H,5-9H2. The summed E-state index contributed by atoms with van der Waals surface area (Å²) in [5.41, 5.74) is 0.958. The van der Waals surface area contributed by atoms with Gasteiger partial charge in [0, 0.05) is 10.4 Å². The summed E-state index contributed by atoms with van der Waals surface area (Å²) in [6.07, 6.45) is 1.90. The van der Waals surface area contributed by atoms with E-state index in [9.17, 15) is 5.11 Å². The van der Waals surface area contributed by atoms with Gasteiger partial charge in [-0.05, 0) is 37.6 Å². The van der Waals surface area contributed by atoms with E-state index in [2.05, 4.69) is 5.32 Å². The van der Waals surface area contributed by atoms with Crippen LogP contribution in [0.3, 0.4) is 0 Å². The monoisotopic (exact) mass is 225 g/mol. The van der Waals surface area contributed by atoms with Crippen LogP contribution in [0.2, 0.25) is 5.02 Å². The predicted octanol–water partition coefficient (Wildman–Crippen LogP) is 1.95. The van der Waals surface area contributed by atoms with E-state index in [0.29, 0.717) is 0 Å². The molecule has 0 amide bonds. The summed E-state index contributed by atoms with van der Waals surface area (Å²) in [5.74, 6) is 0. The van der Waals surface area contributed by atoms with Gasteiger partial charge in [0.25, 0.3) is 0 Å². The number of hydrogen-bond donors (Lipinski definition) is 2. The molecule has 0 spiro atoms. The highest BCUT2D eigenvalue weighted by molar-refractivity contribution is 6.31. The molecule has 0 radical (unpaired) electrons. The zero-order chi connectivity index (χ0) is 10.7. The van der Waals surface area contributed by atoms with Gasteiger partial charge in [0.15, 0.2) is 0 Å². The molecule has 1 saturated heterocycles. The third kappa shape index (κ3) is 2.03. The Bertz CT molecular complexity index is 334. The Morgan fingerprint density at radius 1 is 1.27 bits per heavy atom. The number of nitrogens with one attached hydrogen (secondary N) is 1. The predicted molar refractivity (Wildman–Crippen MR) is 62.3 cm³/mol. The van der Waals surface area contributed by atoms with E-state index in [0.717, 1.165) is 36.5 Å². The molecule has 1 aliphatic heterocycles. The second-order valence-electron chi connectivity index (χ2n) is 4.17. The van der Waals surface area contributed by atoms with Crippen molar-refractivity contribution in [2.24, 2.45) is 0 Å². The highest BCUT2D eigenvalue weighted by Gasteiger charge is 2.34. The topological polar surface area (TPSA) is 32.3 Å². The summed E-state index contributed by atoms with van der Waals surface area (Å²) in [6, 6.07) is 7.85. The molecule has 0 aliphatic carbocycles. The fourth-order valence-electron chi connectivity index (χ4n) is 2.31. The maximum atomic E-state index is 9.63. The van der Waals surface area contributed by atoms with Gasteiger partial charge >= 0.3 is 0 Å².